The molecular formula is C11H18N2O2S. The SMILES string of the molecule is CC(NC1COC(C)(C)OC1)c1nccs1. The third kappa shape index (κ3) is 3.01. The Hall–Kier alpha value is -0.490. The molecule has 2 rings (SSSR count). The Labute approximate surface area is 100.0 Å². The van der Waals surface area contributed by atoms with Gasteiger partial charge in [0.05, 0.1) is 25.3 Å². The first-order valence-electron chi connectivity index (χ1n) is 5.50. The summed E-state index contributed by atoms with van der Waals surface area (Å²) in [4.78, 5) is 4.28. The molecule has 90 valence electrons. The molecule has 1 atom stereocenters. The highest BCUT2D eigenvalue weighted by atomic mass is 32.1. The lowest BCUT2D eigenvalue weighted by atomic mass is 10.2. The lowest BCUT2D eigenvalue weighted by molar-refractivity contribution is -0.253. The zero-order valence-electron chi connectivity index (χ0n) is 9.90. The van der Waals surface area contributed by atoms with Crippen molar-refractivity contribution in [2.75, 3.05) is 13.2 Å². The van der Waals surface area contributed by atoms with E-state index in [4.69, 9.17) is 9.47 Å². The number of aromatic nitrogens is 1. The summed E-state index contributed by atoms with van der Waals surface area (Å²) in [5.41, 5.74) is 0. The summed E-state index contributed by atoms with van der Waals surface area (Å²) in [6, 6.07) is 0.491. The highest BCUT2D eigenvalue weighted by Crippen LogP contribution is 2.20. The molecule has 1 saturated heterocycles. The molecule has 0 spiro atoms. The van der Waals surface area contributed by atoms with Gasteiger partial charge in [-0.05, 0) is 20.8 Å². The number of ether oxygens (including phenoxy) is 2. The van der Waals surface area contributed by atoms with Crippen molar-refractivity contribution in [3.63, 3.8) is 0 Å². The van der Waals surface area contributed by atoms with Crippen molar-refractivity contribution in [2.24, 2.45) is 0 Å². The van der Waals surface area contributed by atoms with E-state index >= 15 is 0 Å². The maximum Gasteiger partial charge on any atom is 0.162 e. The maximum atomic E-state index is 5.59. The van der Waals surface area contributed by atoms with Crippen molar-refractivity contribution < 1.29 is 9.47 Å². The topological polar surface area (TPSA) is 43.4 Å². The van der Waals surface area contributed by atoms with Crippen molar-refractivity contribution in [1.82, 2.24) is 10.3 Å². The monoisotopic (exact) mass is 242 g/mol. The number of hydrogen-bond donors (Lipinski definition) is 1. The highest BCUT2D eigenvalue weighted by Gasteiger charge is 2.29. The Balaban J connectivity index is 1.83. The number of hydrogen-bond acceptors (Lipinski definition) is 5. The highest BCUT2D eigenvalue weighted by molar-refractivity contribution is 7.09. The first kappa shape index (κ1) is 12.0. The fourth-order valence-electron chi connectivity index (χ4n) is 1.66. The van der Waals surface area contributed by atoms with Crippen molar-refractivity contribution in [2.45, 2.75) is 38.6 Å². The molecule has 0 saturated carbocycles. The third-order valence-corrected chi connectivity index (χ3v) is 3.53. The molecule has 4 nitrogen and oxygen atoms in total. The normalized spacial score (nSPS) is 23.2. The van der Waals surface area contributed by atoms with Gasteiger partial charge in [0, 0.05) is 11.6 Å². The van der Waals surface area contributed by atoms with Gasteiger partial charge in [-0.1, -0.05) is 0 Å². The van der Waals surface area contributed by atoms with Crippen LogP contribution >= 0.6 is 11.3 Å². The van der Waals surface area contributed by atoms with Crippen LogP contribution in [-0.2, 0) is 9.47 Å². The molecule has 2 heterocycles. The minimum absolute atomic E-state index is 0.243. The molecule has 1 aromatic rings. The van der Waals surface area contributed by atoms with Gasteiger partial charge in [-0.15, -0.1) is 11.3 Å². The molecule has 0 amide bonds. The summed E-state index contributed by atoms with van der Waals surface area (Å²) in [5.74, 6) is -0.442. The first-order chi connectivity index (χ1) is 7.57. The Morgan fingerprint density at radius 2 is 2.19 bits per heavy atom. The fourth-order valence-corrected chi connectivity index (χ4v) is 2.32. The summed E-state index contributed by atoms with van der Waals surface area (Å²) >= 11 is 1.66. The van der Waals surface area contributed by atoms with E-state index in [0.29, 0.717) is 13.2 Å². The van der Waals surface area contributed by atoms with Crippen LogP contribution in [0.1, 0.15) is 31.8 Å². The van der Waals surface area contributed by atoms with Crippen LogP contribution in [0.3, 0.4) is 0 Å². The summed E-state index contributed by atoms with van der Waals surface area (Å²) in [6.45, 7) is 7.35. The Morgan fingerprint density at radius 3 is 2.75 bits per heavy atom. The van der Waals surface area contributed by atoms with Crippen LogP contribution in [0.5, 0.6) is 0 Å². The van der Waals surface area contributed by atoms with Crippen LogP contribution < -0.4 is 5.32 Å². The Bertz CT molecular complexity index is 317. The van der Waals surface area contributed by atoms with Crippen LogP contribution in [0.25, 0.3) is 0 Å². The molecule has 0 bridgehead atoms. The van der Waals surface area contributed by atoms with Crippen LogP contribution in [0.15, 0.2) is 11.6 Å². The van der Waals surface area contributed by atoms with Crippen LogP contribution in [0.4, 0.5) is 0 Å². The van der Waals surface area contributed by atoms with Gasteiger partial charge in [0.2, 0.25) is 0 Å². The molecule has 0 aliphatic carbocycles. The van der Waals surface area contributed by atoms with Gasteiger partial charge in [-0.3, -0.25) is 0 Å². The van der Waals surface area contributed by atoms with Crippen LogP contribution in [0, 0.1) is 0 Å². The molecule has 0 aromatic carbocycles. The van der Waals surface area contributed by atoms with E-state index in [9.17, 15) is 0 Å². The van der Waals surface area contributed by atoms with Crippen molar-refractivity contribution in [1.29, 1.82) is 0 Å². The Kier molecular flexibility index (Phi) is 3.59. The number of thiazole rings is 1. The van der Waals surface area contributed by atoms with Crippen molar-refractivity contribution in [3.05, 3.63) is 16.6 Å². The molecule has 1 N–H and O–H groups in total. The summed E-state index contributed by atoms with van der Waals surface area (Å²) in [5, 5.41) is 6.55. The van der Waals surface area contributed by atoms with Crippen LogP contribution in [0.2, 0.25) is 0 Å². The van der Waals surface area contributed by atoms with E-state index in [-0.39, 0.29) is 12.1 Å². The molecular weight excluding hydrogens is 224 g/mol. The van der Waals surface area contributed by atoms with E-state index in [1.165, 1.54) is 0 Å². The molecule has 1 unspecified atom stereocenters. The molecule has 1 aromatic heterocycles. The number of rotatable bonds is 3. The first-order valence-corrected chi connectivity index (χ1v) is 6.38. The molecule has 5 heteroatoms. The van der Waals surface area contributed by atoms with Gasteiger partial charge in [0.1, 0.15) is 5.01 Å². The fraction of sp³-hybridized carbons (Fsp3) is 0.727. The maximum absolute atomic E-state index is 5.59. The van der Waals surface area contributed by atoms with Gasteiger partial charge in [-0.2, -0.15) is 0 Å². The lowest BCUT2D eigenvalue weighted by Crippen LogP contribution is -2.49. The van der Waals surface area contributed by atoms with Gasteiger partial charge in [-0.25, -0.2) is 4.98 Å². The quantitative estimate of drug-likeness (QED) is 0.879. The zero-order chi connectivity index (χ0) is 11.6. The second kappa shape index (κ2) is 4.79. The number of nitrogens with one attached hydrogen (secondary N) is 1. The molecule has 1 fully saturated rings. The molecule has 1 aliphatic rings. The van der Waals surface area contributed by atoms with Gasteiger partial charge in [0.25, 0.3) is 0 Å². The summed E-state index contributed by atoms with van der Waals surface area (Å²) in [7, 11) is 0. The predicted molar refractivity (Wildman–Crippen MR) is 63.4 cm³/mol. The van der Waals surface area contributed by atoms with E-state index in [2.05, 4.69) is 17.2 Å². The van der Waals surface area contributed by atoms with E-state index in [1.807, 2.05) is 25.4 Å². The second-order valence-electron chi connectivity index (χ2n) is 4.48. The van der Waals surface area contributed by atoms with E-state index < -0.39 is 5.79 Å². The largest absolute Gasteiger partial charge is 0.349 e. The average Bonchev–Trinajstić information content (AvgIpc) is 2.74. The number of nitrogens with zero attached hydrogens (tertiary/aromatic N) is 1. The lowest BCUT2D eigenvalue weighted by Gasteiger charge is -2.36. The molecule has 16 heavy (non-hydrogen) atoms. The van der Waals surface area contributed by atoms with E-state index in [1.54, 1.807) is 11.3 Å². The minimum Gasteiger partial charge on any atom is -0.349 e. The Morgan fingerprint density at radius 1 is 1.50 bits per heavy atom. The smallest absolute Gasteiger partial charge is 0.162 e. The van der Waals surface area contributed by atoms with E-state index in [0.717, 1.165) is 5.01 Å². The van der Waals surface area contributed by atoms with Crippen molar-refractivity contribution >= 4 is 11.3 Å². The second-order valence-corrected chi connectivity index (χ2v) is 5.40. The summed E-state index contributed by atoms with van der Waals surface area (Å²) in [6.07, 6.45) is 1.83. The average molecular weight is 242 g/mol. The third-order valence-electron chi connectivity index (χ3n) is 2.57. The summed E-state index contributed by atoms with van der Waals surface area (Å²) < 4.78 is 11.2. The molecule has 0 radical (unpaired) electrons. The zero-order valence-corrected chi connectivity index (χ0v) is 10.7. The predicted octanol–water partition coefficient (Wildman–Crippen LogP) is 1.95. The standard InChI is InChI=1S/C11H18N2O2S/c1-8(10-12-4-5-16-10)13-9-6-14-11(2,3)15-7-9/h4-5,8-9,13H,6-7H2,1-3H3. The van der Waals surface area contributed by atoms with Gasteiger partial charge in [0.15, 0.2) is 5.79 Å². The van der Waals surface area contributed by atoms with Gasteiger partial charge < -0.3 is 14.8 Å². The van der Waals surface area contributed by atoms with Gasteiger partial charge >= 0.3 is 0 Å². The molecule has 1 aliphatic heterocycles. The minimum atomic E-state index is -0.442. The van der Waals surface area contributed by atoms with Crippen molar-refractivity contribution in [3.8, 4) is 0 Å². The van der Waals surface area contributed by atoms with Crippen LogP contribution in [-0.4, -0.2) is 30.0 Å².